The molecule has 0 spiro atoms. The van der Waals surface area contributed by atoms with Crippen molar-refractivity contribution in [3.63, 3.8) is 0 Å². The molecule has 1 aliphatic rings. The number of nitrogens with zero attached hydrogens (tertiary/aromatic N) is 2. The number of H-pyrrole nitrogens is 2. The first kappa shape index (κ1) is 15.6. The van der Waals surface area contributed by atoms with Crippen LogP contribution in [-0.2, 0) is 12.8 Å². The zero-order valence-electron chi connectivity index (χ0n) is 15.0. The van der Waals surface area contributed by atoms with Crippen LogP contribution < -0.4 is 0 Å². The molecule has 4 aromatic rings. The van der Waals surface area contributed by atoms with Crippen molar-refractivity contribution in [3.05, 3.63) is 60.2 Å². The number of hydrogen-bond acceptors (Lipinski definition) is 2. The van der Waals surface area contributed by atoms with Crippen molar-refractivity contribution in [3.8, 4) is 0 Å². The Morgan fingerprint density at radius 3 is 1.69 bits per heavy atom. The Labute approximate surface area is 153 Å². The molecule has 5 rings (SSSR count). The van der Waals surface area contributed by atoms with Crippen LogP contribution in [0.2, 0.25) is 0 Å². The molecular weight excluding hydrogens is 320 g/mol. The molecule has 4 nitrogen and oxygen atoms in total. The molecule has 1 aliphatic carbocycles. The number of fused-ring (bicyclic) bond motifs is 2. The summed E-state index contributed by atoms with van der Waals surface area (Å²) in [5, 5.41) is 0. The van der Waals surface area contributed by atoms with E-state index in [9.17, 15) is 0 Å². The maximum Gasteiger partial charge on any atom is 0.107 e. The largest absolute Gasteiger partial charge is 0.342 e. The predicted octanol–water partition coefficient (Wildman–Crippen LogP) is 5.17. The van der Waals surface area contributed by atoms with Crippen LogP contribution in [0.1, 0.15) is 43.8 Å². The van der Waals surface area contributed by atoms with Crippen molar-refractivity contribution in [1.82, 2.24) is 19.9 Å². The second-order valence-corrected chi connectivity index (χ2v) is 7.82. The maximum atomic E-state index is 4.85. The molecule has 0 unspecified atom stereocenters. The molecule has 0 atom stereocenters. The highest BCUT2D eigenvalue weighted by Crippen LogP contribution is 2.41. The summed E-state index contributed by atoms with van der Waals surface area (Å²) in [6.45, 7) is 0. The summed E-state index contributed by atoms with van der Waals surface area (Å²) in [5.41, 5.74) is 4.66. The molecule has 2 heterocycles. The zero-order chi connectivity index (χ0) is 17.4. The van der Waals surface area contributed by atoms with Crippen LogP contribution in [-0.4, -0.2) is 19.9 Å². The first-order valence-electron chi connectivity index (χ1n) is 9.67. The van der Waals surface area contributed by atoms with Crippen LogP contribution in [0.3, 0.4) is 0 Å². The van der Waals surface area contributed by atoms with Gasteiger partial charge in [-0.3, -0.25) is 0 Å². The van der Waals surface area contributed by atoms with Gasteiger partial charge in [-0.1, -0.05) is 43.5 Å². The lowest BCUT2D eigenvalue weighted by atomic mass is 9.69. The van der Waals surface area contributed by atoms with E-state index in [2.05, 4.69) is 58.5 Å². The molecule has 1 saturated carbocycles. The number of rotatable bonds is 4. The molecule has 1 fully saturated rings. The van der Waals surface area contributed by atoms with Gasteiger partial charge in [0, 0.05) is 12.8 Å². The van der Waals surface area contributed by atoms with Gasteiger partial charge in [-0.05, 0) is 42.5 Å². The molecule has 26 heavy (non-hydrogen) atoms. The van der Waals surface area contributed by atoms with Gasteiger partial charge in [0.1, 0.15) is 11.6 Å². The molecule has 132 valence electrons. The van der Waals surface area contributed by atoms with Gasteiger partial charge in [0.2, 0.25) is 0 Å². The van der Waals surface area contributed by atoms with Gasteiger partial charge in [0.25, 0.3) is 0 Å². The smallest absolute Gasteiger partial charge is 0.107 e. The summed E-state index contributed by atoms with van der Waals surface area (Å²) in [4.78, 5) is 16.8. The number of imidazole rings is 2. The fourth-order valence-corrected chi connectivity index (χ4v) is 4.61. The molecular formula is C22H24N4. The SMILES string of the molecule is c1ccc2[nH]c(CC3(Cc4nc5ccccc5[nH]4)CCCCC3)nc2c1. The fourth-order valence-electron chi connectivity index (χ4n) is 4.61. The Balaban J connectivity index is 1.47. The van der Waals surface area contributed by atoms with Crippen LogP contribution in [0, 0.1) is 5.41 Å². The van der Waals surface area contributed by atoms with Gasteiger partial charge < -0.3 is 9.97 Å². The quantitative estimate of drug-likeness (QED) is 0.536. The van der Waals surface area contributed by atoms with E-state index in [1.54, 1.807) is 0 Å². The van der Waals surface area contributed by atoms with Crippen LogP contribution in [0.4, 0.5) is 0 Å². The van der Waals surface area contributed by atoms with Crippen LogP contribution >= 0.6 is 0 Å². The highest BCUT2D eigenvalue weighted by Gasteiger charge is 2.34. The predicted molar refractivity (Wildman–Crippen MR) is 105 cm³/mol. The summed E-state index contributed by atoms with van der Waals surface area (Å²) in [5.74, 6) is 2.23. The van der Waals surface area contributed by atoms with Crippen molar-refractivity contribution in [2.24, 2.45) is 5.41 Å². The van der Waals surface area contributed by atoms with Crippen molar-refractivity contribution in [2.45, 2.75) is 44.9 Å². The lowest BCUT2D eigenvalue weighted by Crippen LogP contribution is -2.30. The summed E-state index contributed by atoms with van der Waals surface area (Å²) in [7, 11) is 0. The molecule has 0 amide bonds. The third-order valence-corrected chi connectivity index (χ3v) is 5.88. The minimum atomic E-state index is 0.250. The fraction of sp³-hybridized carbons (Fsp3) is 0.364. The topological polar surface area (TPSA) is 57.4 Å². The Morgan fingerprint density at radius 1 is 0.692 bits per heavy atom. The number of para-hydroxylation sites is 4. The first-order chi connectivity index (χ1) is 12.8. The second-order valence-electron chi connectivity index (χ2n) is 7.82. The average Bonchev–Trinajstić information content (AvgIpc) is 3.24. The minimum Gasteiger partial charge on any atom is -0.342 e. The van der Waals surface area contributed by atoms with E-state index in [4.69, 9.17) is 9.97 Å². The summed E-state index contributed by atoms with van der Waals surface area (Å²) in [6.07, 6.45) is 8.46. The van der Waals surface area contributed by atoms with Crippen molar-refractivity contribution in [2.75, 3.05) is 0 Å². The van der Waals surface area contributed by atoms with E-state index in [1.807, 2.05) is 0 Å². The zero-order valence-corrected chi connectivity index (χ0v) is 15.0. The third-order valence-electron chi connectivity index (χ3n) is 5.88. The molecule has 2 aromatic heterocycles. The number of nitrogens with one attached hydrogen (secondary N) is 2. The highest BCUT2D eigenvalue weighted by atomic mass is 14.9. The average molecular weight is 344 g/mol. The number of aromatic amines is 2. The van der Waals surface area contributed by atoms with E-state index in [0.29, 0.717) is 0 Å². The Morgan fingerprint density at radius 2 is 1.19 bits per heavy atom. The molecule has 0 radical (unpaired) electrons. The first-order valence-corrected chi connectivity index (χ1v) is 9.67. The normalized spacial score (nSPS) is 17.1. The lowest BCUT2D eigenvalue weighted by Gasteiger charge is -2.36. The van der Waals surface area contributed by atoms with E-state index >= 15 is 0 Å². The maximum absolute atomic E-state index is 4.85. The van der Waals surface area contributed by atoms with E-state index in [0.717, 1.165) is 46.6 Å². The monoisotopic (exact) mass is 344 g/mol. The molecule has 0 aliphatic heterocycles. The van der Waals surface area contributed by atoms with E-state index < -0.39 is 0 Å². The van der Waals surface area contributed by atoms with Crippen molar-refractivity contribution < 1.29 is 0 Å². The molecule has 0 saturated heterocycles. The number of hydrogen-bond donors (Lipinski definition) is 2. The van der Waals surface area contributed by atoms with Gasteiger partial charge in [-0.25, -0.2) is 9.97 Å². The molecule has 0 bridgehead atoms. The van der Waals surface area contributed by atoms with Gasteiger partial charge in [-0.2, -0.15) is 0 Å². The standard InChI is InChI=1S/C22H24N4/c1-6-12-22(13-7-1,14-20-23-16-8-2-3-9-17(16)24-20)15-21-25-18-10-4-5-11-19(18)26-21/h2-5,8-11H,1,6-7,12-15H2,(H,23,24)(H,25,26). The van der Waals surface area contributed by atoms with E-state index in [1.165, 1.54) is 32.1 Å². The summed E-state index contributed by atoms with van der Waals surface area (Å²) < 4.78 is 0. The van der Waals surface area contributed by atoms with Gasteiger partial charge in [0.15, 0.2) is 0 Å². The minimum absolute atomic E-state index is 0.250. The molecule has 4 heteroatoms. The van der Waals surface area contributed by atoms with Crippen molar-refractivity contribution >= 4 is 22.1 Å². The van der Waals surface area contributed by atoms with Gasteiger partial charge in [0.05, 0.1) is 22.1 Å². The Bertz CT molecular complexity index is 892. The summed E-state index contributed by atoms with van der Waals surface area (Å²) in [6, 6.07) is 16.6. The third kappa shape index (κ3) is 2.90. The van der Waals surface area contributed by atoms with Crippen LogP contribution in [0.5, 0.6) is 0 Å². The second kappa shape index (κ2) is 6.27. The number of benzene rings is 2. The van der Waals surface area contributed by atoms with Crippen LogP contribution in [0.15, 0.2) is 48.5 Å². The molecule has 2 N–H and O–H groups in total. The number of aromatic nitrogens is 4. The van der Waals surface area contributed by atoms with Gasteiger partial charge >= 0.3 is 0 Å². The Hall–Kier alpha value is -2.62. The van der Waals surface area contributed by atoms with Crippen LogP contribution in [0.25, 0.3) is 22.1 Å². The van der Waals surface area contributed by atoms with Gasteiger partial charge in [-0.15, -0.1) is 0 Å². The Kier molecular flexibility index (Phi) is 3.77. The molecule has 2 aromatic carbocycles. The highest BCUT2D eigenvalue weighted by molar-refractivity contribution is 5.75. The van der Waals surface area contributed by atoms with Crippen molar-refractivity contribution in [1.29, 1.82) is 0 Å². The summed E-state index contributed by atoms with van der Waals surface area (Å²) >= 11 is 0. The van der Waals surface area contributed by atoms with E-state index in [-0.39, 0.29) is 5.41 Å². The lowest BCUT2D eigenvalue weighted by molar-refractivity contribution is 0.180.